The molecule has 2 aromatic heterocycles. The molecule has 0 bridgehead atoms. The first-order valence-electron chi connectivity index (χ1n) is 11.6. The van der Waals surface area contributed by atoms with Gasteiger partial charge in [-0.25, -0.2) is 4.68 Å². The summed E-state index contributed by atoms with van der Waals surface area (Å²) in [5, 5.41) is 18.6. The number of nitrogens with zero attached hydrogens (tertiary/aromatic N) is 5. The molecule has 7 nitrogen and oxygen atoms in total. The lowest BCUT2D eigenvalue weighted by Gasteiger charge is -2.32. The molecule has 0 saturated carbocycles. The Kier molecular flexibility index (Phi) is 6.20. The Bertz CT molecular complexity index is 1340. The maximum absolute atomic E-state index is 13.0. The number of hydrogen-bond donors (Lipinski definition) is 1. The van der Waals surface area contributed by atoms with Gasteiger partial charge < -0.3 is 10.2 Å². The zero-order chi connectivity index (χ0) is 23.7. The fraction of sp³-hybridized carbons (Fsp3) is 0.308. The highest BCUT2D eigenvalue weighted by Crippen LogP contribution is 2.31. The Labute approximate surface area is 203 Å². The van der Waals surface area contributed by atoms with Gasteiger partial charge in [0.05, 0.1) is 28.4 Å². The molecule has 1 aliphatic heterocycles. The van der Waals surface area contributed by atoms with Crippen molar-refractivity contribution < 1.29 is 4.79 Å². The standard InChI is InChI=1S/C26H27ClN6O/c1-17-23-18(2)33(21-11-4-3-5-12-21)31-24(23)25(30-29-17)32-14-8-10-20(16-32)26(34)28-15-19-9-6-7-13-22(19)27/h3-7,9,11-13,20H,8,10,14-16H2,1-2H3,(H,28,34). The number of piperidine rings is 1. The maximum Gasteiger partial charge on any atom is 0.225 e. The minimum Gasteiger partial charge on any atom is -0.352 e. The van der Waals surface area contributed by atoms with Crippen molar-refractivity contribution in [2.45, 2.75) is 33.2 Å². The third-order valence-electron chi connectivity index (χ3n) is 6.49. The van der Waals surface area contributed by atoms with Crippen LogP contribution in [0.25, 0.3) is 16.6 Å². The van der Waals surface area contributed by atoms with Gasteiger partial charge in [0, 0.05) is 24.7 Å². The normalized spacial score (nSPS) is 16.1. The highest BCUT2D eigenvalue weighted by molar-refractivity contribution is 6.31. The van der Waals surface area contributed by atoms with Crippen molar-refractivity contribution in [3.63, 3.8) is 0 Å². The Morgan fingerprint density at radius 2 is 1.85 bits per heavy atom. The number of amides is 1. The topological polar surface area (TPSA) is 75.9 Å². The molecule has 174 valence electrons. The van der Waals surface area contributed by atoms with Crippen LogP contribution in [0.2, 0.25) is 5.02 Å². The number of nitrogens with one attached hydrogen (secondary N) is 1. The Morgan fingerprint density at radius 1 is 1.09 bits per heavy atom. The van der Waals surface area contributed by atoms with Crippen molar-refractivity contribution in [2.75, 3.05) is 18.0 Å². The number of para-hydroxylation sites is 1. The third-order valence-corrected chi connectivity index (χ3v) is 6.86. The molecular formula is C26H27ClN6O. The Balaban J connectivity index is 1.40. The molecule has 1 aliphatic rings. The van der Waals surface area contributed by atoms with Crippen molar-refractivity contribution >= 4 is 34.2 Å². The van der Waals surface area contributed by atoms with Crippen molar-refractivity contribution in [1.29, 1.82) is 0 Å². The Morgan fingerprint density at radius 3 is 2.65 bits per heavy atom. The largest absolute Gasteiger partial charge is 0.352 e. The van der Waals surface area contributed by atoms with Crippen LogP contribution < -0.4 is 10.2 Å². The average Bonchev–Trinajstić information content (AvgIpc) is 3.22. The van der Waals surface area contributed by atoms with Crippen LogP contribution in [0, 0.1) is 19.8 Å². The second-order valence-corrected chi connectivity index (χ2v) is 9.17. The first-order valence-corrected chi connectivity index (χ1v) is 11.9. The molecule has 1 N–H and O–H groups in total. The highest BCUT2D eigenvalue weighted by Gasteiger charge is 2.29. The van der Waals surface area contributed by atoms with Gasteiger partial charge in [0.15, 0.2) is 5.82 Å². The summed E-state index contributed by atoms with van der Waals surface area (Å²) in [6.07, 6.45) is 1.74. The maximum atomic E-state index is 13.0. The van der Waals surface area contributed by atoms with Gasteiger partial charge in [0.2, 0.25) is 5.91 Å². The molecule has 4 aromatic rings. The fourth-order valence-electron chi connectivity index (χ4n) is 4.70. The molecule has 1 unspecified atom stereocenters. The predicted octanol–water partition coefficient (Wildman–Crippen LogP) is 4.62. The van der Waals surface area contributed by atoms with Crippen LogP contribution in [0.5, 0.6) is 0 Å². The molecule has 1 atom stereocenters. The van der Waals surface area contributed by atoms with Gasteiger partial charge in [0.1, 0.15) is 5.52 Å². The first-order chi connectivity index (χ1) is 16.5. The summed E-state index contributed by atoms with van der Waals surface area (Å²) in [6.45, 7) is 5.84. The second-order valence-electron chi connectivity index (χ2n) is 8.76. The van der Waals surface area contributed by atoms with Gasteiger partial charge in [-0.3, -0.25) is 4.79 Å². The summed E-state index contributed by atoms with van der Waals surface area (Å²) in [4.78, 5) is 15.1. The number of hydrogen-bond acceptors (Lipinski definition) is 5. The van der Waals surface area contributed by atoms with Crippen LogP contribution >= 0.6 is 11.6 Å². The lowest BCUT2D eigenvalue weighted by molar-refractivity contribution is -0.125. The van der Waals surface area contributed by atoms with Crippen LogP contribution in [0.3, 0.4) is 0 Å². The van der Waals surface area contributed by atoms with E-state index >= 15 is 0 Å². The lowest BCUT2D eigenvalue weighted by atomic mass is 9.97. The van der Waals surface area contributed by atoms with Gasteiger partial charge >= 0.3 is 0 Å². The quantitative estimate of drug-likeness (QED) is 0.456. The van der Waals surface area contributed by atoms with E-state index in [-0.39, 0.29) is 11.8 Å². The molecule has 1 amide bonds. The molecule has 0 aliphatic carbocycles. The molecule has 2 aromatic carbocycles. The van der Waals surface area contributed by atoms with E-state index in [0.29, 0.717) is 18.1 Å². The van der Waals surface area contributed by atoms with Crippen molar-refractivity contribution in [2.24, 2.45) is 5.92 Å². The SMILES string of the molecule is Cc1nnc(N2CCCC(C(=O)NCc3ccccc3Cl)C2)c2nn(-c3ccccc3)c(C)c12. The van der Waals surface area contributed by atoms with Crippen LogP contribution in [-0.4, -0.2) is 39.0 Å². The molecule has 34 heavy (non-hydrogen) atoms. The van der Waals surface area contributed by atoms with Gasteiger partial charge in [-0.15, -0.1) is 5.10 Å². The first kappa shape index (κ1) is 22.3. The number of benzene rings is 2. The third kappa shape index (κ3) is 4.23. The molecular weight excluding hydrogens is 448 g/mol. The molecule has 3 heterocycles. The number of aryl methyl sites for hydroxylation is 2. The number of halogens is 1. The highest BCUT2D eigenvalue weighted by atomic mass is 35.5. The summed E-state index contributed by atoms with van der Waals surface area (Å²) in [7, 11) is 0. The summed E-state index contributed by atoms with van der Waals surface area (Å²) < 4.78 is 1.95. The van der Waals surface area contributed by atoms with Gasteiger partial charge in [-0.1, -0.05) is 48.0 Å². The number of carbonyl (C=O) groups is 1. The van der Waals surface area contributed by atoms with E-state index < -0.39 is 0 Å². The molecule has 1 saturated heterocycles. The average molecular weight is 475 g/mol. The second kappa shape index (κ2) is 9.43. The smallest absolute Gasteiger partial charge is 0.225 e. The number of carbonyl (C=O) groups excluding carboxylic acids is 1. The van der Waals surface area contributed by atoms with Crippen LogP contribution in [0.15, 0.2) is 54.6 Å². The number of anilines is 1. The van der Waals surface area contributed by atoms with E-state index in [4.69, 9.17) is 16.7 Å². The number of aromatic nitrogens is 4. The summed E-state index contributed by atoms with van der Waals surface area (Å²) >= 11 is 6.24. The minimum absolute atomic E-state index is 0.0342. The van der Waals surface area contributed by atoms with E-state index in [1.807, 2.05) is 66.2 Å². The van der Waals surface area contributed by atoms with Crippen LogP contribution in [0.1, 0.15) is 29.8 Å². The molecule has 0 spiro atoms. The van der Waals surface area contributed by atoms with E-state index in [1.165, 1.54) is 0 Å². The summed E-state index contributed by atoms with van der Waals surface area (Å²) in [6, 6.07) is 17.6. The molecule has 5 rings (SSSR count). The number of fused-ring (bicyclic) bond motifs is 1. The van der Waals surface area contributed by atoms with Gasteiger partial charge in [-0.2, -0.15) is 10.2 Å². The predicted molar refractivity (Wildman–Crippen MR) is 134 cm³/mol. The van der Waals surface area contributed by atoms with Crippen molar-refractivity contribution in [3.8, 4) is 5.69 Å². The van der Waals surface area contributed by atoms with E-state index in [0.717, 1.165) is 58.7 Å². The number of rotatable bonds is 5. The lowest BCUT2D eigenvalue weighted by Crippen LogP contribution is -2.43. The van der Waals surface area contributed by atoms with Gasteiger partial charge in [0.25, 0.3) is 0 Å². The fourth-order valence-corrected chi connectivity index (χ4v) is 4.90. The molecule has 1 fully saturated rings. The van der Waals surface area contributed by atoms with Crippen LogP contribution in [-0.2, 0) is 11.3 Å². The van der Waals surface area contributed by atoms with Gasteiger partial charge in [-0.05, 0) is 50.5 Å². The summed E-state index contributed by atoms with van der Waals surface area (Å²) in [5.74, 6) is 0.639. The van der Waals surface area contributed by atoms with E-state index in [2.05, 4.69) is 27.3 Å². The zero-order valence-corrected chi connectivity index (χ0v) is 20.1. The van der Waals surface area contributed by atoms with Crippen LogP contribution in [0.4, 0.5) is 5.82 Å². The Hall–Kier alpha value is -3.45. The minimum atomic E-state index is -0.133. The van der Waals surface area contributed by atoms with E-state index in [1.54, 1.807) is 0 Å². The summed E-state index contributed by atoms with van der Waals surface area (Å²) in [5.41, 5.74) is 4.62. The van der Waals surface area contributed by atoms with E-state index in [9.17, 15) is 4.79 Å². The van der Waals surface area contributed by atoms with Crippen molar-refractivity contribution in [3.05, 3.63) is 76.6 Å². The van der Waals surface area contributed by atoms with Crippen molar-refractivity contribution in [1.82, 2.24) is 25.3 Å². The molecule has 0 radical (unpaired) electrons. The molecule has 8 heteroatoms. The zero-order valence-electron chi connectivity index (χ0n) is 19.3. The monoisotopic (exact) mass is 474 g/mol.